The molecule has 1 aliphatic heterocycles. The van der Waals surface area contributed by atoms with Gasteiger partial charge in [-0.25, -0.2) is 0 Å². The predicted octanol–water partition coefficient (Wildman–Crippen LogP) is 1.57. The average molecular weight is 491 g/mol. The van der Waals surface area contributed by atoms with Crippen molar-refractivity contribution in [3.05, 3.63) is 68.2 Å². The summed E-state index contributed by atoms with van der Waals surface area (Å²) in [6.07, 6.45) is -0.312. The summed E-state index contributed by atoms with van der Waals surface area (Å²) in [5.41, 5.74) is 3.45. The number of carbonyl (C=O) groups excluding carboxylic acids is 4. The molecule has 11 nitrogen and oxygen atoms in total. The molecule has 3 rings (SSSR count). The number of imide groups is 1. The first-order valence-electron chi connectivity index (χ1n) is 8.87. The molecule has 0 aromatic heterocycles. The van der Waals surface area contributed by atoms with Crippen LogP contribution in [0.4, 0.5) is 5.69 Å². The second kappa shape index (κ2) is 9.34. The van der Waals surface area contributed by atoms with Crippen molar-refractivity contribution in [2.45, 2.75) is 6.42 Å². The Bertz CT molecular complexity index is 1070. The number of nitro groups is 1. The maximum absolute atomic E-state index is 12.4. The Morgan fingerprint density at radius 3 is 2.39 bits per heavy atom. The van der Waals surface area contributed by atoms with Crippen LogP contribution in [-0.2, 0) is 9.59 Å². The molecular weight excluding hydrogens is 476 g/mol. The van der Waals surface area contributed by atoms with E-state index in [1.54, 1.807) is 24.3 Å². The number of fused-ring (bicyclic) bond motifs is 1. The zero-order valence-corrected chi connectivity index (χ0v) is 17.4. The van der Waals surface area contributed by atoms with Crippen molar-refractivity contribution in [1.29, 1.82) is 0 Å². The van der Waals surface area contributed by atoms with Crippen LogP contribution in [0, 0.1) is 10.1 Å². The van der Waals surface area contributed by atoms with Gasteiger partial charge in [0.25, 0.3) is 23.4 Å². The number of benzene rings is 2. The minimum absolute atomic E-state index is 0.0852. The van der Waals surface area contributed by atoms with E-state index in [1.807, 2.05) is 0 Å². The summed E-state index contributed by atoms with van der Waals surface area (Å²) >= 11 is 3.27. The molecule has 0 unspecified atom stereocenters. The van der Waals surface area contributed by atoms with Crippen LogP contribution < -0.4 is 15.6 Å². The molecule has 12 heteroatoms. The highest BCUT2D eigenvalue weighted by atomic mass is 79.9. The molecule has 1 heterocycles. The first-order chi connectivity index (χ1) is 14.8. The Morgan fingerprint density at radius 2 is 1.71 bits per heavy atom. The van der Waals surface area contributed by atoms with E-state index in [-0.39, 0.29) is 30.7 Å². The first-order valence-corrected chi connectivity index (χ1v) is 9.67. The molecule has 31 heavy (non-hydrogen) atoms. The zero-order valence-electron chi connectivity index (χ0n) is 15.8. The molecule has 0 aliphatic carbocycles. The van der Waals surface area contributed by atoms with Crippen LogP contribution in [0.1, 0.15) is 27.1 Å². The number of ether oxygens (including phenoxy) is 1. The molecule has 2 aromatic rings. The van der Waals surface area contributed by atoms with Gasteiger partial charge in [0.15, 0.2) is 6.61 Å². The number of rotatable bonds is 7. The minimum atomic E-state index is -0.841. The lowest BCUT2D eigenvalue weighted by molar-refractivity contribution is -0.385. The maximum atomic E-state index is 12.4. The number of hydrazine groups is 1. The highest BCUT2D eigenvalue weighted by Gasteiger charge is 2.40. The zero-order chi connectivity index (χ0) is 22.5. The van der Waals surface area contributed by atoms with Crippen LogP contribution in [0.2, 0.25) is 0 Å². The monoisotopic (exact) mass is 490 g/mol. The van der Waals surface area contributed by atoms with Gasteiger partial charge in [-0.3, -0.25) is 45.0 Å². The Balaban J connectivity index is 1.47. The van der Waals surface area contributed by atoms with Gasteiger partial charge in [0, 0.05) is 23.5 Å². The molecule has 0 radical (unpaired) electrons. The van der Waals surface area contributed by atoms with E-state index in [0.29, 0.717) is 5.75 Å². The standard InChI is InChI=1S/C19H15BrN4O7/c20-11-4-6-12(7-5-11)31-10-16(26)22-21-15(25)8-9-23-18(27)13-2-1-3-14(24(29)30)17(13)19(23)28/h1-7H,8-10H2,(H,21,25)(H,22,26). The van der Waals surface area contributed by atoms with Crippen LogP contribution in [0.15, 0.2) is 46.9 Å². The second-order valence-electron chi connectivity index (χ2n) is 6.31. The number of carbonyl (C=O) groups is 4. The average Bonchev–Trinajstić information content (AvgIpc) is 3.00. The number of hydrogen-bond acceptors (Lipinski definition) is 7. The molecule has 160 valence electrons. The fourth-order valence-corrected chi connectivity index (χ4v) is 3.07. The summed E-state index contributed by atoms with van der Waals surface area (Å²) < 4.78 is 6.11. The Labute approximate surface area is 183 Å². The fraction of sp³-hybridized carbons (Fsp3) is 0.158. The molecule has 0 spiro atoms. The summed E-state index contributed by atoms with van der Waals surface area (Å²) in [4.78, 5) is 59.6. The van der Waals surface area contributed by atoms with Gasteiger partial charge in [-0.2, -0.15) is 0 Å². The summed E-state index contributed by atoms with van der Waals surface area (Å²) in [6, 6.07) is 10.5. The molecule has 0 atom stereocenters. The molecular formula is C19H15BrN4O7. The Morgan fingerprint density at radius 1 is 1.03 bits per heavy atom. The summed E-state index contributed by atoms with van der Waals surface area (Å²) in [5, 5.41) is 11.1. The lowest BCUT2D eigenvalue weighted by Gasteiger charge is -2.13. The number of nitrogens with zero attached hydrogens (tertiary/aromatic N) is 2. The van der Waals surface area contributed by atoms with E-state index in [0.717, 1.165) is 15.4 Å². The Hall–Kier alpha value is -3.80. The first kappa shape index (κ1) is 21.9. The van der Waals surface area contributed by atoms with E-state index < -0.39 is 34.2 Å². The molecule has 0 saturated carbocycles. The predicted molar refractivity (Wildman–Crippen MR) is 109 cm³/mol. The van der Waals surface area contributed by atoms with Gasteiger partial charge in [-0.15, -0.1) is 0 Å². The lowest BCUT2D eigenvalue weighted by atomic mass is 10.1. The normalized spacial score (nSPS) is 12.4. The minimum Gasteiger partial charge on any atom is -0.484 e. The lowest BCUT2D eigenvalue weighted by Crippen LogP contribution is -2.45. The van der Waals surface area contributed by atoms with Crippen LogP contribution >= 0.6 is 15.9 Å². The molecule has 2 aromatic carbocycles. The molecule has 1 aliphatic rings. The molecule has 4 amide bonds. The van der Waals surface area contributed by atoms with Gasteiger partial charge in [0.05, 0.1) is 10.5 Å². The van der Waals surface area contributed by atoms with Crippen molar-refractivity contribution >= 4 is 45.2 Å². The number of nitrogens with one attached hydrogen (secondary N) is 2. The third kappa shape index (κ3) is 5.04. The number of hydrogen-bond donors (Lipinski definition) is 2. The highest BCUT2D eigenvalue weighted by Crippen LogP contribution is 2.30. The van der Waals surface area contributed by atoms with Gasteiger partial charge in [0.1, 0.15) is 11.3 Å². The number of nitro benzene ring substituents is 1. The van der Waals surface area contributed by atoms with Gasteiger partial charge < -0.3 is 4.74 Å². The van der Waals surface area contributed by atoms with Gasteiger partial charge in [-0.05, 0) is 30.3 Å². The molecule has 0 saturated heterocycles. The van der Waals surface area contributed by atoms with Gasteiger partial charge >= 0.3 is 0 Å². The van der Waals surface area contributed by atoms with Crippen LogP contribution in [0.25, 0.3) is 0 Å². The highest BCUT2D eigenvalue weighted by molar-refractivity contribution is 9.10. The second-order valence-corrected chi connectivity index (χ2v) is 7.22. The van der Waals surface area contributed by atoms with Crippen molar-refractivity contribution in [3.8, 4) is 5.75 Å². The topological polar surface area (TPSA) is 148 Å². The van der Waals surface area contributed by atoms with Gasteiger partial charge in [-0.1, -0.05) is 22.0 Å². The summed E-state index contributed by atoms with van der Waals surface area (Å²) in [6.45, 7) is -0.648. The van der Waals surface area contributed by atoms with Crippen LogP contribution in [0.3, 0.4) is 0 Å². The van der Waals surface area contributed by atoms with Crippen LogP contribution in [-0.4, -0.2) is 46.6 Å². The SMILES string of the molecule is O=C(CCN1C(=O)c2cccc([N+](=O)[O-])c2C1=O)NNC(=O)COc1ccc(Br)cc1. The van der Waals surface area contributed by atoms with E-state index in [2.05, 4.69) is 26.8 Å². The fourth-order valence-electron chi connectivity index (χ4n) is 2.80. The summed E-state index contributed by atoms with van der Waals surface area (Å²) in [5.74, 6) is -2.38. The van der Waals surface area contributed by atoms with Crippen molar-refractivity contribution in [2.24, 2.45) is 0 Å². The van der Waals surface area contributed by atoms with E-state index in [9.17, 15) is 29.3 Å². The number of amides is 4. The Kier molecular flexibility index (Phi) is 6.60. The third-order valence-corrected chi connectivity index (χ3v) is 4.79. The van der Waals surface area contributed by atoms with Crippen LogP contribution in [0.5, 0.6) is 5.75 Å². The third-order valence-electron chi connectivity index (χ3n) is 4.26. The van der Waals surface area contributed by atoms with Gasteiger partial charge in [0.2, 0.25) is 5.91 Å². The van der Waals surface area contributed by atoms with E-state index in [4.69, 9.17) is 4.74 Å². The van der Waals surface area contributed by atoms with E-state index in [1.165, 1.54) is 12.1 Å². The molecule has 0 fully saturated rings. The quantitative estimate of drug-likeness (QED) is 0.339. The van der Waals surface area contributed by atoms with E-state index >= 15 is 0 Å². The molecule has 0 bridgehead atoms. The van der Waals surface area contributed by atoms with Crippen molar-refractivity contribution in [1.82, 2.24) is 15.8 Å². The largest absolute Gasteiger partial charge is 0.484 e. The maximum Gasteiger partial charge on any atom is 0.282 e. The number of halogens is 1. The van der Waals surface area contributed by atoms with Crippen molar-refractivity contribution < 1.29 is 28.8 Å². The van der Waals surface area contributed by atoms with Crippen molar-refractivity contribution in [3.63, 3.8) is 0 Å². The summed E-state index contributed by atoms with van der Waals surface area (Å²) in [7, 11) is 0. The smallest absolute Gasteiger partial charge is 0.282 e. The molecule has 2 N–H and O–H groups in total. The van der Waals surface area contributed by atoms with Crippen molar-refractivity contribution in [2.75, 3.05) is 13.2 Å².